The van der Waals surface area contributed by atoms with Gasteiger partial charge < -0.3 is 14.0 Å². The van der Waals surface area contributed by atoms with Gasteiger partial charge in [0.1, 0.15) is 0 Å². The van der Waals surface area contributed by atoms with Gasteiger partial charge in [-0.25, -0.2) is 4.98 Å². The average Bonchev–Trinajstić information content (AvgIpc) is 3.36. The number of fused-ring (bicyclic) bond motifs is 7. The Balaban J connectivity index is 1.46. The Morgan fingerprint density at radius 3 is 2.10 bits per heavy atom. The smallest absolute Gasteiger partial charge is 0.211 e. The van der Waals surface area contributed by atoms with Gasteiger partial charge in [0.05, 0.1) is 34.3 Å². The Morgan fingerprint density at radius 2 is 1.35 bits per heavy atom. The highest BCUT2D eigenvalue weighted by atomic mass is 15.3. The first-order chi connectivity index (χ1) is 15.3. The number of imidazole rings is 1. The molecule has 4 nitrogen and oxygen atoms in total. The largest absolute Gasteiger partial charge is 0.315 e. The third-order valence-electron chi connectivity index (χ3n) is 6.53. The van der Waals surface area contributed by atoms with Crippen molar-refractivity contribution in [3.63, 3.8) is 0 Å². The van der Waals surface area contributed by atoms with Crippen LogP contribution in [0.1, 0.15) is 5.56 Å². The van der Waals surface area contributed by atoms with Gasteiger partial charge >= 0.3 is 0 Å². The molecular weight excluding hydrogens is 380 g/mol. The highest BCUT2D eigenvalue weighted by Gasteiger charge is 2.24. The minimum Gasteiger partial charge on any atom is -0.315 e. The van der Waals surface area contributed by atoms with E-state index in [0.717, 1.165) is 18.0 Å². The average molecular weight is 400 g/mol. The normalized spacial score (nSPS) is 13.1. The molecule has 0 fully saturated rings. The van der Waals surface area contributed by atoms with Crippen LogP contribution in [0.2, 0.25) is 0 Å². The summed E-state index contributed by atoms with van der Waals surface area (Å²) in [7, 11) is 2.12. The fourth-order valence-electron chi connectivity index (χ4n) is 5.09. The van der Waals surface area contributed by atoms with E-state index in [9.17, 15) is 0 Å². The van der Waals surface area contributed by atoms with Crippen LogP contribution in [0, 0.1) is 0 Å². The maximum atomic E-state index is 4.91. The monoisotopic (exact) mass is 400 g/mol. The van der Waals surface area contributed by atoms with Crippen molar-refractivity contribution in [3.8, 4) is 5.69 Å². The van der Waals surface area contributed by atoms with Crippen LogP contribution in [-0.4, -0.2) is 21.2 Å². The minimum absolute atomic E-state index is 0.836. The lowest BCUT2D eigenvalue weighted by atomic mass is 10.1. The Labute approximate surface area is 179 Å². The first-order valence-corrected chi connectivity index (χ1v) is 10.6. The van der Waals surface area contributed by atoms with Crippen LogP contribution < -0.4 is 4.90 Å². The molecule has 0 saturated heterocycles. The van der Waals surface area contributed by atoms with Gasteiger partial charge in [0.15, 0.2) is 0 Å². The Kier molecular flexibility index (Phi) is 3.23. The zero-order valence-corrected chi connectivity index (χ0v) is 17.2. The molecule has 31 heavy (non-hydrogen) atoms. The molecule has 4 aromatic carbocycles. The molecule has 0 radical (unpaired) electrons. The molecule has 2 aromatic heterocycles. The van der Waals surface area contributed by atoms with Crippen LogP contribution in [0.3, 0.4) is 0 Å². The van der Waals surface area contributed by atoms with Crippen molar-refractivity contribution in [1.82, 2.24) is 14.1 Å². The van der Waals surface area contributed by atoms with Gasteiger partial charge in [-0.05, 0) is 42.0 Å². The highest BCUT2D eigenvalue weighted by molar-refractivity contribution is 6.09. The van der Waals surface area contributed by atoms with Crippen molar-refractivity contribution in [3.05, 3.63) is 96.6 Å². The zero-order chi connectivity index (χ0) is 20.5. The van der Waals surface area contributed by atoms with E-state index in [-0.39, 0.29) is 0 Å². The summed E-state index contributed by atoms with van der Waals surface area (Å²) >= 11 is 0. The van der Waals surface area contributed by atoms with Gasteiger partial charge in [0, 0.05) is 23.5 Å². The number of rotatable bonds is 1. The van der Waals surface area contributed by atoms with Crippen LogP contribution in [0.5, 0.6) is 0 Å². The van der Waals surface area contributed by atoms with E-state index in [1.54, 1.807) is 0 Å². The summed E-state index contributed by atoms with van der Waals surface area (Å²) in [6.07, 6.45) is 0. The molecule has 0 N–H and O–H groups in total. The van der Waals surface area contributed by atoms with Gasteiger partial charge in [0.2, 0.25) is 5.95 Å². The number of nitrogens with zero attached hydrogens (tertiary/aromatic N) is 4. The van der Waals surface area contributed by atoms with E-state index in [0.29, 0.717) is 0 Å². The summed E-state index contributed by atoms with van der Waals surface area (Å²) in [5.74, 6) is 0.994. The van der Waals surface area contributed by atoms with Crippen LogP contribution in [-0.2, 0) is 6.54 Å². The highest BCUT2D eigenvalue weighted by Crippen LogP contribution is 2.38. The van der Waals surface area contributed by atoms with Gasteiger partial charge in [0.25, 0.3) is 0 Å². The topological polar surface area (TPSA) is 26.0 Å². The fraction of sp³-hybridized carbons (Fsp3) is 0.0741. The van der Waals surface area contributed by atoms with Crippen molar-refractivity contribution < 1.29 is 0 Å². The molecule has 0 atom stereocenters. The molecule has 7 rings (SSSR count). The summed E-state index contributed by atoms with van der Waals surface area (Å²) in [6, 6.07) is 32.5. The first kappa shape index (κ1) is 16.7. The van der Waals surface area contributed by atoms with Gasteiger partial charge in [-0.2, -0.15) is 0 Å². The molecule has 0 spiro atoms. The summed E-state index contributed by atoms with van der Waals surface area (Å²) in [4.78, 5) is 7.13. The van der Waals surface area contributed by atoms with E-state index >= 15 is 0 Å². The maximum absolute atomic E-state index is 4.91. The SMILES string of the molecule is CN1c2cc(-n3c4ccccc4c4ccccc43)ccc2Cn2c1nc1ccccc12. The molecule has 0 bridgehead atoms. The number of aromatic nitrogens is 3. The van der Waals surface area contributed by atoms with Crippen molar-refractivity contribution >= 4 is 44.5 Å². The first-order valence-electron chi connectivity index (χ1n) is 10.6. The maximum Gasteiger partial charge on any atom is 0.211 e. The second-order valence-electron chi connectivity index (χ2n) is 8.23. The Bertz CT molecular complexity index is 1580. The van der Waals surface area contributed by atoms with E-state index in [2.05, 4.69) is 112 Å². The number of benzene rings is 4. The lowest BCUT2D eigenvalue weighted by Gasteiger charge is -2.29. The van der Waals surface area contributed by atoms with E-state index in [1.807, 2.05) is 0 Å². The van der Waals surface area contributed by atoms with Gasteiger partial charge in [-0.1, -0.05) is 54.6 Å². The molecule has 6 aromatic rings. The standard InChI is InChI=1S/C27H20N4/c1-29-26-16-19(31-23-11-5-2-8-20(23)21-9-3-6-12-24(21)31)15-14-18(26)17-30-25-13-7-4-10-22(25)28-27(29)30/h2-16H,17H2,1H3. The van der Waals surface area contributed by atoms with Crippen LogP contribution in [0.25, 0.3) is 38.5 Å². The third-order valence-corrected chi connectivity index (χ3v) is 6.53. The second kappa shape index (κ2) is 5.99. The second-order valence-corrected chi connectivity index (χ2v) is 8.23. The minimum atomic E-state index is 0.836. The molecule has 0 amide bonds. The number of hydrogen-bond acceptors (Lipinski definition) is 2. The van der Waals surface area contributed by atoms with Gasteiger partial charge in [-0.15, -0.1) is 0 Å². The van der Waals surface area contributed by atoms with E-state index in [4.69, 9.17) is 4.98 Å². The third kappa shape index (κ3) is 2.22. The van der Waals surface area contributed by atoms with Crippen molar-refractivity contribution in [2.24, 2.45) is 0 Å². The Morgan fingerprint density at radius 1 is 0.710 bits per heavy atom. The van der Waals surface area contributed by atoms with Crippen LogP contribution in [0.15, 0.2) is 91.0 Å². The quantitative estimate of drug-likeness (QED) is 0.325. The number of para-hydroxylation sites is 4. The number of hydrogen-bond donors (Lipinski definition) is 0. The van der Waals surface area contributed by atoms with E-state index < -0.39 is 0 Å². The lowest BCUT2D eigenvalue weighted by molar-refractivity contribution is 0.778. The molecule has 3 heterocycles. The summed E-state index contributed by atoms with van der Waals surface area (Å²) in [5, 5.41) is 2.57. The molecular formula is C27H20N4. The molecule has 4 heteroatoms. The lowest BCUT2D eigenvalue weighted by Crippen LogP contribution is -2.23. The molecule has 148 valence electrons. The predicted molar refractivity (Wildman–Crippen MR) is 128 cm³/mol. The molecule has 0 saturated carbocycles. The zero-order valence-electron chi connectivity index (χ0n) is 17.2. The van der Waals surface area contributed by atoms with E-state index in [1.165, 1.54) is 44.3 Å². The van der Waals surface area contributed by atoms with Crippen LogP contribution >= 0.6 is 0 Å². The summed E-state index contributed by atoms with van der Waals surface area (Å²) < 4.78 is 4.67. The predicted octanol–water partition coefficient (Wildman–Crippen LogP) is 6.26. The molecule has 0 aliphatic carbocycles. The van der Waals surface area contributed by atoms with Gasteiger partial charge in [-0.3, -0.25) is 0 Å². The van der Waals surface area contributed by atoms with Crippen molar-refractivity contribution in [1.29, 1.82) is 0 Å². The Hall–Kier alpha value is -4.05. The van der Waals surface area contributed by atoms with Crippen LogP contribution in [0.4, 0.5) is 11.6 Å². The molecule has 0 unspecified atom stereocenters. The summed E-state index contributed by atoms with van der Waals surface area (Å²) in [5.41, 5.74) is 8.38. The number of anilines is 2. The fourth-order valence-corrected chi connectivity index (χ4v) is 5.09. The molecule has 1 aliphatic rings. The van der Waals surface area contributed by atoms with Crippen molar-refractivity contribution in [2.75, 3.05) is 11.9 Å². The molecule has 1 aliphatic heterocycles. The van der Waals surface area contributed by atoms with Crippen molar-refractivity contribution in [2.45, 2.75) is 6.54 Å². The summed E-state index contributed by atoms with van der Waals surface area (Å²) in [6.45, 7) is 0.836.